The molecule has 16 heavy (non-hydrogen) atoms. The van der Waals surface area contributed by atoms with E-state index in [2.05, 4.69) is 15.2 Å². The molecule has 1 aromatic rings. The topological polar surface area (TPSA) is 71.2 Å². The van der Waals surface area contributed by atoms with Crippen molar-refractivity contribution in [1.29, 1.82) is 0 Å². The van der Waals surface area contributed by atoms with E-state index in [1.54, 1.807) is 12.1 Å². The lowest BCUT2D eigenvalue weighted by Gasteiger charge is -2.10. The number of carbonyl (C=O) groups excluding carboxylic acids is 1. The molecule has 0 saturated heterocycles. The van der Waals surface area contributed by atoms with Crippen LogP contribution in [0.25, 0.3) is 0 Å². The maximum atomic E-state index is 10.8. The Morgan fingerprint density at radius 2 is 2.25 bits per heavy atom. The van der Waals surface area contributed by atoms with Gasteiger partial charge < -0.3 is 16.0 Å². The summed E-state index contributed by atoms with van der Waals surface area (Å²) >= 11 is 0. The Morgan fingerprint density at radius 3 is 2.75 bits per heavy atom. The van der Waals surface area contributed by atoms with Crippen molar-refractivity contribution in [2.24, 2.45) is 5.73 Å². The van der Waals surface area contributed by atoms with E-state index in [9.17, 15) is 4.79 Å². The molecule has 0 aliphatic rings. The van der Waals surface area contributed by atoms with Gasteiger partial charge in [0.2, 0.25) is 5.91 Å². The van der Waals surface area contributed by atoms with Crippen molar-refractivity contribution in [3.63, 3.8) is 0 Å². The maximum Gasteiger partial charge on any atom is 0.250 e. The maximum absolute atomic E-state index is 10.8. The van der Waals surface area contributed by atoms with Gasteiger partial charge in [-0.15, -0.1) is 0 Å². The molecule has 0 saturated carbocycles. The van der Waals surface area contributed by atoms with Crippen LogP contribution in [0.2, 0.25) is 0 Å². The zero-order valence-corrected chi connectivity index (χ0v) is 9.73. The van der Waals surface area contributed by atoms with Crippen LogP contribution in [-0.4, -0.2) is 43.0 Å². The van der Waals surface area contributed by atoms with Gasteiger partial charge in [-0.1, -0.05) is 0 Å². The molecule has 0 atom stereocenters. The average Bonchev–Trinajstić information content (AvgIpc) is 2.25. The van der Waals surface area contributed by atoms with Crippen LogP contribution in [0, 0.1) is 0 Å². The van der Waals surface area contributed by atoms with E-state index < -0.39 is 5.91 Å². The van der Waals surface area contributed by atoms with E-state index in [1.165, 1.54) is 6.20 Å². The number of anilines is 1. The molecule has 5 heteroatoms. The number of hydrogen-bond acceptors (Lipinski definition) is 4. The summed E-state index contributed by atoms with van der Waals surface area (Å²) < 4.78 is 0. The van der Waals surface area contributed by atoms with Gasteiger partial charge in [-0.2, -0.15) is 0 Å². The Labute approximate surface area is 95.7 Å². The summed E-state index contributed by atoms with van der Waals surface area (Å²) in [5.74, 6) is 0.315. The molecule has 1 rings (SSSR count). The van der Waals surface area contributed by atoms with E-state index in [-0.39, 0.29) is 0 Å². The Hall–Kier alpha value is -1.62. The minimum atomic E-state index is -0.452. The molecular weight excluding hydrogens is 204 g/mol. The molecule has 0 radical (unpaired) electrons. The van der Waals surface area contributed by atoms with Gasteiger partial charge in [0.05, 0.1) is 5.56 Å². The lowest BCUT2D eigenvalue weighted by atomic mass is 10.3. The van der Waals surface area contributed by atoms with Crippen molar-refractivity contribution >= 4 is 11.7 Å². The molecular formula is C11H18N4O. The minimum Gasteiger partial charge on any atom is -0.370 e. The number of carbonyl (C=O) groups is 1. The summed E-state index contributed by atoms with van der Waals surface area (Å²) in [6.45, 7) is 1.90. The van der Waals surface area contributed by atoms with Gasteiger partial charge in [0.25, 0.3) is 0 Å². The highest BCUT2D eigenvalue weighted by molar-refractivity contribution is 5.92. The van der Waals surface area contributed by atoms with Crippen molar-refractivity contribution in [3.05, 3.63) is 23.9 Å². The smallest absolute Gasteiger partial charge is 0.250 e. The van der Waals surface area contributed by atoms with E-state index in [0.717, 1.165) is 25.3 Å². The Morgan fingerprint density at radius 1 is 1.50 bits per heavy atom. The van der Waals surface area contributed by atoms with Gasteiger partial charge in [-0.05, 0) is 39.2 Å². The number of pyridine rings is 1. The molecule has 5 nitrogen and oxygen atoms in total. The van der Waals surface area contributed by atoms with Crippen molar-refractivity contribution in [2.45, 2.75) is 6.42 Å². The van der Waals surface area contributed by atoms with Gasteiger partial charge in [0.1, 0.15) is 5.82 Å². The molecule has 0 aliphatic heterocycles. The second-order valence-electron chi connectivity index (χ2n) is 3.88. The summed E-state index contributed by atoms with van der Waals surface area (Å²) in [7, 11) is 4.08. The fourth-order valence-corrected chi connectivity index (χ4v) is 1.26. The number of nitrogens with one attached hydrogen (secondary N) is 1. The van der Waals surface area contributed by atoms with Crippen LogP contribution in [0.15, 0.2) is 18.3 Å². The number of nitrogens with zero attached hydrogens (tertiary/aromatic N) is 2. The quantitative estimate of drug-likeness (QED) is 0.689. The third kappa shape index (κ3) is 4.27. The lowest BCUT2D eigenvalue weighted by molar-refractivity contribution is 0.1000. The number of hydrogen-bond donors (Lipinski definition) is 2. The van der Waals surface area contributed by atoms with Crippen LogP contribution < -0.4 is 11.1 Å². The van der Waals surface area contributed by atoms with Crippen molar-refractivity contribution in [2.75, 3.05) is 32.5 Å². The minimum absolute atomic E-state index is 0.429. The van der Waals surface area contributed by atoms with Crippen LogP contribution in [0.3, 0.4) is 0 Å². The number of amides is 1. The molecule has 0 aromatic carbocycles. The molecule has 0 bridgehead atoms. The fraction of sp³-hybridized carbons (Fsp3) is 0.455. The molecule has 0 spiro atoms. The van der Waals surface area contributed by atoms with Crippen LogP contribution >= 0.6 is 0 Å². The normalized spacial score (nSPS) is 10.4. The molecule has 1 amide bonds. The molecule has 3 N–H and O–H groups in total. The first-order valence-corrected chi connectivity index (χ1v) is 5.24. The molecule has 1 aromatic heterocycles. The number of nitrogens with two attached hydrogens (primary N) is 1. The van der Waals surface area contributed by atoms with E-state index in [1.807, 2.05) is 14.1 Å². The standard InChI is InChI=1S/C11H18N4O/c1-15(2)7-3-6-13-10-5-4-9(8-14-10)11(12)16/h4-5,8H,3,6-7H2,1-2H3,(H2,12,16)(H,13,14). The summed E-state index contributed by atoms with van der Waals surface area (Å²) in [4.78, 5) is 17.0. The average molecular weight is 222 g/mol. The highest BCUT2D eigenvalue weighted by atomic mass is 16.1. The monoisotopic (exact) mass is 222 g/mol. The second-order valence-corrected chi connectivity index (χ2v) is 3.88. The van der Waals surface area contributed by atoms with Crippen LogP contribution in [0.1, 0.15) is 16.8 Å². The van der Waals surface area contributed by atoms with Gasteiger partial charge in [0.15, 0.2) is 0 Å². The number of aromatic nitrogens is 1. The van der Waals surface area contributed by atoms with Crippen LogP contribution in [-0.2, 0) is 0 Å². The van der Waals surface area contributed by atoms with Crippen LogP contribution in [0.4, 0.5) is 5.82 Å². The number of primary amides is 1. The summed E-state index contributed by atoms with van der Waals surface area (Å²) in [6, 6.07) is 3.43. The molecule has 0 aliphatic carbocycles. The third-order valence-electron chi connectivity index (χ3n) is 2.14. The lowest BCUT2D eigenvalue weighted by Crippen LogP contribution is -2.17. The van der Waals surface area contributed by atoms with E-state index in [0.29, 0.717) is 5.56 Å². The van der Waals surface area contributed by atoms with E-state index in [4.69, 9.17) is 5.73 Å². The van der Waals surface area contributed by atoms with Crippen LogP contribution in [0.5, 0.6) is 0 Å². The number of rotatable bonds is 6. The largest absolute Gasteiger partial charge is 0.370 e. The summed E-state index contributed by atoms with van der Waals surface area (Å²) in [6.07, 6.45) is 2.53. The van der Waals surface area contributed by atoms with Gasteiger partial charge in [-0.3, -0.25) is 4.79 Å². The first-order valence-electron chi connectivity index (χ1n) is 5.24. The molecule has 0 unspecified atom stereocenters. The highest BCUT2D eigenvalue weighted by Crippen LogP contribution is 2.04. The second kappa shape index (κ2) is 6.07. The van der Waals surface area contributed by atoms with Gasteiger partial charge >= 0.3 is 0 Å². The Bertz CT molecular complexity index is 334. The van der Waals surface area contributed by atoms with Crippen molar-refractivity contribution in [1.82, 2.24) is 9.88 Å². The molecule has 0 fully saturated rings. The zero-order valence-electron chi connectivity index (χ0n) is 9.73. The zero-order chi connectivity index (χ0) is 12.0. The highest BCUT2D eigenvalue weighted by Gasteiger charge is 2.00. The fourth-order valence-electron chi connectivity index (χ4n) is 1.26. The first-order chi connectivity index (χ1) is 7.59. The molecule has 88 valence electrons. The molecule has 1 heterocycles. The first kappa shape index (κ1) is 12.4. The van der Waals surface area contributed by atoms with Crippen molar-refractivity contribution < 1.29 is 4.79 Å². The Balaban J connectivity index is 2.35. The summed E-state index contributed by atoms with van der Waals surface area (Å²) in [5.41, 5.74) is 5.54. The predicted octanol–water partition coefficient (Wildman–Crippen LogP) is 0.544. The third-order valence-corrected chi connectivity index (χ3v) is 2.14. The Kier molecular flexibility index (Phi) is 4.72. The van der Waals surface area contributed by atoms with Gasteiger partial charge in [-0.25, -0.2) is 4.98 Å². The summed E-state index contributed by atoms with van der Waals surface area (Å²) in [5, 5.41) is 3.18. The van der Waals surface area contributed by atoms with Gasteiger partial charge in [0, 0.05) is 12.7 Å². The predicted molar refractivity (Wildman–Crippen MR) is 64.4 cm³/mol. The van der Waals surface area contributed by atoms with E-state index >= 15 is 0 Å². The SMILES string of the molecule is CN(C)CCCNc1ccc(C(N)=O)cn1. The van der Waals surface area contributed by atoms with Crippen molar-refractivity contribution in [3.8, 4) is 0 Å².